The second-order valence-corrected chi connectivity index (χ2v) is 10.9. The Morgan fingerprint density at radius 3 is 2.32 bits per heavy atom. The lowest BCUT2D eigenvalue weighted by atomic mass is 9.97. The fourth-order valence-electron chi connectivity index (χ4n) is 3.60. The highest BCUT2D eigenvalue weighted by molar-refractivity contribution is 7.89. The number of aryl methyl sites for hydroxylation is 2. The Balaban J connectivity index is 1.67. The van der Waals surface area contributed by atoms with Crippen LogP contribution < -0.4 is 5.32 Å². The van der Waals surface area contributed by atoms with Crippen LogP contribution in [0.1, 0.15) is 46.1 Å². The van der Waals surface area contributed by atoms with Gasteiger partial charge in [-0.1, -0.05) is 17.7 Å². The SMILES string of the molecule is CCOC(=O)c1c(NC(=O)C2CCN(S(=O)(=O)c3ccc(C)cc3)CC2)sc(C)c1C. The van der Waals surface area contributed by atoms with E-state index in [1.54, 1.807) is 31.2 Å². The maximum absolute atomic E-state index is 12.9. The number of amides is 1. The number of ether oxygens (including phenoxy) is 1. The van der Waals surface area contributed by atoms with E-state index < -0.39 is 16.0 Å². The fraction of sp³-hybridized carbons (Fsp3) is 0.455. The van der Waals surface area contributed by atoms with Gasteiger partial charge in [0, 0.05) is 23.9 Å². The fourth-order valence-corrected chi connectivity index (χ4v) is 6.12. The zero-order chi connectivity index (χ0) is 22.8. The van der Waals surface area contributed by atoms with Crippen molar-refractivity contribution in [3.8, 4) is 0 Å². The third kappa shape index (κ3) is 4.99. The summed E-state index contributed by atoms with van der Waals surface area (Å²) in [6.45, 7) is 8.19. The molecule has 9 heteroatoms. The summed E-state index contributed by atoms with van der Waals surface area (Å²) in [4.78, 5) is 26.4. The Kier molecular flexibility index (Phi) is 7.18. The first-order chi connectivity index (χ1) is 14.6. The predicted molar refractivity (Wildman–Crippen MR) is 121 cm³/mol. The molecule has 0 bridgehead atoms. The van der Waals surface area contributed by atoms with Gasteiger partial charge in [0.15, 0.2) is 0 Å². The molecule has 1 saturated heterocycles. The van der Waals surface area contributed by atoms with Crippen LogP contribution in [0.2, 0.25) is 0 Å². The van der Waals surface area contributed by atoms with E-state index in [0.29, 0.717) is 23.4 Å². The highest BCUT2D eigenvalue weighted by Crippen LogP contribution is 2.34. The van der Waals surface area contributed by atoms with Crippen LogP contribution in [0.5, 0.6) is 0 Å². The number of benzene rings is 1. The van der Waals surface area contributed by atoms with Gasteiger partial charge in [0.05, 0.1) is 17.1 Å². The van der Waals surface area contributed by atoms with Gasteiger partial charge >= 0.3 is 5.97 Å². The van der Waals surface area contributed by atoms with Crippen molar-refractivity contribution in [2.45, 2.75) is 45.4 Å². The molecule has 2 aromatic rings. The Morgan fingerprint density at radius 2 is 1.74 bits per heavy atom. The second-order valence-electron chi connectivity index (χ2n) is 7.69. The number of nitrogens with zero attached hydrogens (tertiary/aromatic N) is 1. The minimum absolute atomic E-state index is 0.195. The first-order valence-electron chi connectivity index (χ1n) is 10.3. The lowest BCUT2D eigenvalue weighted by Gasteiger charge is -2.30. The molecule has 0 unspecified atom stereocenters. The molecule has 1 aromatic heterocycles. The van der Waals surface area contributed by atoms with Crippen molar-refractivity contribution in [3.05, 3.63) is 45.8 Å². The van der Waals surface area contributed by atoms with E-state index in [9.17, 15) is 18.0 Å². The number of thiophene rings is 1. The number of piperidine rings is 1. The molecule has 1 N–H and O–H groups in total. The van der Waals surface area contributed by atoms with Crippen LogP contribution in [-0.2, 0) is 19.6 Å². The molecule has 0 aliphatic carbocycles. The Hall–Kier alpha value is -2.23. The zero-order valence-electron chi connectivity index (χ0n) is 18.2. The lowest BCUT2D eigenvalue weighted by molar-refractivity contribution is -0.120. The van der Waals surface area contributed by atoms with Gasteiger partial charge in [-0.15, -0.1) is 11.3 Å². The maximum Gasteiger partial charge on any atom is 0.341 e. The predicted octanol–water partition coefficient (Wildman–Crippen LogP) is 3.89. The smallest absolute Gasteiger partial charge is 0.341 e. The van der Waals surface area contributed by atoms with E-state index in [4.69, 9.17) is 4.74 Å². The molecule has 0 atom stereocenters. The summed E-state index contributed by atoms with van der Waals surface area (Å²) in [6, 6.07) is 6.78. The number of hydrogen-bond acceptors (Lipinski definition) is 6. The van der Waals surface area contributed by atoms with Crippen LogP contribution >= 0.6 is 11.3 Å². The molecular formula is C22H28N2O5S2. The van der Waals surface area contributed by atoms with Gasteiger partial charge in [-0.2, -0.15) is 4.31 Å². The van der Waals surface area contributed by atoms with E-state index in [-0.39, 0.29) is 36.4 Å². The third-order valence-corrected chi connectivity index (χ3v) is 8.62. The Bertz CT molecular complexity index is 1070. The van der Waals surface area contributed by atoms with Crippen LogP contribution in [0.15, 0.2) is 29.2 Å². The minimum Gasteiger partial charge on any atom is -0.462 e. The van der Waals surface area contributed by atoms with Crippen LogP contribution in [0.3, 0.4) is 0 Å². The van der Waals surface area contributed by atoms with Crippen LogP contribution in [0, 0.1) is 26.7 Å². The molecule has 0 spiro atoms. The Morgan fingerprint density at radius 1 is 1.13 bits per heavy atom. The van der Waals surface area contributed by atoms with Crippen molar-refractivity contribution < 1.29 is 22.7 Å². The molecule has 1 aromatic carbocycles. The summed E-state index contributed by atoms with van der Waals surface area (Å²) < 4.78 is 32.3. The van der Waals surface area contributed by atoms with Crippen molar-refractivity contribution in [1.82, 2.24) is 4.31 Å². The molecule has 1 aliphatic heterocycles. The van der Waals surface area contributed by atoms with Crippen molar-refractivity contribution in [1.29, 1.82) is 0 Å². The normalized spacial score (nSPS) is 15.6. The molecule has 7 nitrogen and oxygen atoms in total. The molecule has 1 fully saturated rings. The number of hydrogen-bond donors (Lipinski definition) is 1. The molecule has 2 heterocycles. The molecule has 168 valence electrons. The summed E-state index contributed by atoms with van der Waals surface area (Å²) in [5.74, 6) is -0.958. The van der Waals surface area contributed by atoms with E-state index in [2.05, 4.69) is 5.32 Å². The largest absolute Gasteiger partial charge is 0.462 e. The number of carbonyl (C=O) groups is 2. The summed E-state index contributed by atoms with van der Waals surface area (Å²) in [6.07, 6.45) is 0.851. The van der Waals surface area contributed by atoms with Crippen molar-refractivity contribution in [3.63, 3.8) is 0 Å². The molecule has 0 saturated carbocycles. The zero-order valence-corrected chi connectivity index (χ0v) is 19.9. The highest BCUT2D eigenvalue weighted by Gasteiger charge is 2.33. The lowest BCUT2D eigenvalue weighted by Crippen LogP contribution is -2.41. The number of nitrogens with one attached hydrogen (secondary N) is 1. The first-order valence-corrected chi connectivity index (χ1v) is 12.6. The average molecular weight is 465 g/mol. The van der Waals surface area contributed by atoms with Crippen molar-refractivity contribution >= 4 is 38.2 Å². The molecule has 0 radical (unpaired) electrons. The minimum atomic E-state index is -3.57. The highest BCUT2D eigenvalue weighted by atomic mass is 32.2. The average Bonchev–Trinajstić information content (AvgIpc) is 3.01. The van der Waals surface area contributed by atoms with Gasteiger partial charge in [-0.25, -0.2) is 13.2 Å². The number of esters is 1. The van der Waals surface area contributed by atoms with E-state index in [1.807, 2.05) is 20.8 Å². The number of carbonyl (C=O) groups excluding carboxylic acids is 2. The van der Waals surface area contributed by atoms with Crippen molar-refractivity contribution in [2.24, 2.45) is 5.92 Å². The van der Waals surface area contributed by atoms with Crippen LogP contribution in [0.25, 0.3) is 0 Å². The molecular weight excluding hydrogens is 436 g/mol. The quantitative estimate of drug-likeness (QED) is 0.655. The summed E-state index contributed by atoms with van der Waals surface area (Å²) in [5.41, 5.74) is 2.20. The van der Waals surface area contributed by atoms with Gasteiger partial charge in [0.1, 0.15) is 5.00 Å². The summed E-state index contributed by atoms with van der Waals surface area (Å²) >= 11 is 1.35. The number of sulfonamides is 1. The van der Waals surface area contributed by atoms with Crippen LogP contribution in [0.4, 0.5) is 5.00 Å². The van der Waals surface area contributed by atoms with E-state index in [1.165, 1.54) is 15.6 Å². The van der Waals surface area contributed by atoms with Gasteiger partial charge in [-0.3, -0.25) is 4.79 Å². The molecule has 3 rings (SSSR count). The topological polar surface area (TPSA) is 92.8 Å². The van der Waals surface area contributed by atoms with Gasteiger partial charge in [0.25, 0.3) is 0 Å². The number of anilines is 1. The summed E-state index contributed by atoms with van der Waals surface area (Å²) in [7, 11) is -3.57. The molecule has 1 aliphatic rings. The van der Waals surface area contributed by atoms with E-state index >= 15 is 0 Å². The molecule has 31 heavy (non-hydrogen) atoms. The monoisotopic (exact) mass is 464 g/mol. The van der Waals surface area contributed by atoms with Gasteiger partial charge in [-0.05, 0) is 58.2 Å². The number of rotatable bonds is 6. The van der Waals surface area contributed by atoms with E-state index in [0.717, 1.165) is 16.0 Å². The standard InChI is InChI=1S/C22H28N2O5S2/c1-5-29-22(26)19-15(3)16(4)30-21(19)23-20(25)17-10-12-24(13-11-17)31(27,28)18-8-6-14(2)7-9-18/h6-9,17H,5,10-13H2,1-4H3,(H,23,25). The second kappa shape index (κ2) is 9.50. The van der Waals surface area contributed by atoms with Crippen LogP contribution in [-0.4, -0.2) is 44.3 Å². The summed E-state index contributed by atoms with van der Waals surface area (Å²) in [5, 5.41) is 3.38. The maximum atomic E-state index is 12.9. The third-order valence-electron chi connectivity index (χ3n) is 5.59. The van der Waals surface area contributed by atoms with Gasteiger partial charge < -0.3 is 10.1 Å². The Labute approximate surface area is 187 Å². The van der Waals surface area contributed by atoms with Crippen molar-refractivity contribution in [2.75, 3.05) is 25.0 Å². The first kappa shape index (κ1) is 23.4. The molecule has 1 amide bonds. The van der Waals surface area contributed by atoms with Gasteiger partial charge in [0.2, 0.25) is 15.9 Å².